The van der Waals surface area contributed by atoms with E-state index in [0.29, 0.717) is 48.3 Å². The Morgan fingerprint density at radius 2 is 0.750 bits per heavy atom. The summed E-state index contributed by atoms with van der Waals surface area (Å²) >= 11 is 0. The molecule has 0 N–H and O–H groups in total. The summed E-state index contributed by atoms with van der Waals surface area (Å²) in [4.78, 5) is 7.13. The summed E-state index contributed by atoms with van der Waals surface area (Å²) < 4.78 is 12.0. The molecule has 0 bridgehead atoms. The zero-order valence-corrected chi connectivity index (χ0v) is 41.4. The van der Waals surface area contributed by atoms with Crippen LogP contribution in [0.15, 0.2) is 136 Å². The van der Waals surface area contributed by atoms with Crippen LogP contribution in [0.2, 0.25) is 0 Å². The van der Waals surface area contributed by atoms with E-state index in [0.717, 1.165) is 0 Å². The Morgan fingerprint density at radius 3 is 0.938 bits per heavy atom. The third-order valence-electron chi connectivity index (χ3n) is 8.37. The Labute approximate surface area is 382 Å². The normalized spacial score (nSPS) is 10.4. The number of hydrogen-bond donors (Lipinski definition) is 0. The molecule has 0 aliphatic carbocycles. The highest BCUT2D eigenvalue weighted by atomic mass is 15.6. The molecule has 0 aromatic carbocycles. The lowest BCUT2D eigenvalue weighted by atomic mass is 10.4. The first kappa shape index (κ1) is 55.6. The van der Waals surface area contributed by atoms with E-state index in [1.54, 1.807) is 51.5 Å². The maximum atomic E-state index is 4.03. The second-order valence-corrected chi connectivity index (χ2v) is 16.5. The van der Waals surface area contributed by atoms with Crippen LogP contribution < -0.4 is 0 Å². The van der Waals surface area contributed by atoms with Crippen molar-refractivity contribution in [3.63, 3.8) is 0 Å². The van der Waals surface area contributed by atoms with Crippen LogP contribution in [-0.2, 0) is 0 Å². The molecule has 352 valence electrons. The highest BCUT2D eigenvalue weighted by Crippen LogP contribution is 2.04. The van der Waals surface area contributed by atoms with E-state index in [-0.39, 0.29) is 0 Å². The summed E-state index contributed by atoms with van der Waals surface area (Å²) in [6.07, 6.45) is 29.7. The SMILES string of the molecule is CC(C)n1cccc1.CC(C)n1cccc1.CC(C)n1cccn1.CC(C)n1cccn1.CC(C)n1ccnc1.CC(C)n1ccnn1.CC(C)n1nccn1.CC(C)n1ncnn1. The van der Waals surface area contributed by atoms with Gasteiger partial charge in [0.15, 0.2) is 6.33 Å². The van der Waals surface area contributed by atoms with Gasteiger partial charge in [0, 0.05) is 104 Å². The van der Waals surface area contributed by atoms with Crippen LogP contribution in [0.25, 0.3) is 0 Å². The first-order valence-corrected chi connectivity index (χ1v) is 22.1. The number of rotatable bonds is 8. The van der Waals surface area contributed by atoms with E-state index in [9.17, 15) is 0 Å². The average molecular weight is 883 g/mol. The lowest BCUT2D eigenvalue weighted by Gasteiger charge is -2.03. The van der Waals surface area contributed by atoms with Crippen molar-refractivity contribution in [3.8, 4) is 0 Å². The molecule has 18 nitrogen and oxygen atoms in total. The van der Waals surface area contributed by atoms with Gasteiger partial charge in [0.1, 0.15) is 0 Å². The van der Waals surface area contributed by atoms with Crippen LogP contribution in [0.1, 0.15) is 159 Å². The van der Waals surface area contributed by atoms with Gasteiger partial charge in [-0.15, -0.1) is 15.3 Å². The zero-order chi connectivity index (χ0) is 47.9. The van der Waals surface area contributed by atoms with Crippen LogP contribution in [0.3, 0.4) is 0 Å². The van der Waals surface area contributed by atoms with E-state index in [2.05, 4.69) is 173 Å². The first-order chi connectivity index (χ1) is 30.4. The Kier molecular flexibility index (Phi) is 28.0. The number of imidazole rings is 1. The minimum Gasteiger partial charge on any atom is -0.352 e. The molecule has 0 radical (unpaired) electrons. The molecule has 8 aromatic heterocycles. The molecule has 0 aliphatic rings. The van der Waals surface area contributed by atoms with Crippen molar-refractivity contribution in [2.24, 2.45) is 0 Å². The number of tetrazole rings is 1. The molecular formula is C46H78N18. The van der Waals surface area contributed by atoms with Gasteiger partial charge in [-0.2, -0.15) is 30.0 Å². The minimum absolute atomic E-state index is 0.317. The molecule has 0 spiro atoms. The highest BCUT2D eigenvalue weighted by Gasteiger charge is 1.97. The Hall–Kier alpha value is -6.46. The molecule has 0 unspecified atom stereocenters. The molecule has 0 amide bonds. The Bertz CT molecular complexity index is 1590. The largest absolute Gasteiger partial charge is 0.352 e. The third-order valence-corrected chi connectivity index (χ3v) is 8.37. The van der Waals surface area contributed by atoms with E-state index in [1.165, 1.54) is 6.33 Å². The summed E-state index contributed by atoms with van der Waals surface area (Å²) in [5.41, 5.74) is 0. The van der Waals surface area contributed by atoms with Crippen LogP contribution >= 0.6 is 0 Å². The summed E-state index contributed by atoms with van der Waals surface area (Å²) in [6, 6.07) is 15.9. The lowest BCUT2D eigenvalue weighted by Crippen LogP contribution is -2.04. The zero-order valence-electron chi connectivity index (χ0n) is 41.4. The van der Waals surface area contributed by atoms with Gasteiger partial charge >= 0.3 is 0 Å². The molecule has 0 fully saturated rings. The van der Waals surface area contributed by atoms with Crippen LogP contribution in [-0.4, -0.2) is 88.4 Å². The van der Waals surface area contributed by atoms with Crippen LogP contribution in [0.5, 0.6) is 0 Å². The maximum absolute atomic E-state index is 4.03. The van der Waals surface area contributed by atoms with E-state index >= 15 is 0 Å². The van der Waals surface area contributed by atoms with Gasteiger partial charge < -0.3 is 13.7 Å². The second-order valence-electron chi connectivity index (χ2n) is 16.5. The van der Waals surface area contributed by atoms with Gasteiger partial charge in [0.05, 0.1) is 37.0 Å². The lowest BCUT2D eigenvalue weighted by molar-refractivity contribution is 0.455. The summed E-state index contributed by atoms with van der Waals surface area (Å²) in [5, 5.41) is 34.4. The van der Waals surface area contributed by atoms with Gasteiger partial charge in [0.2, 0.25) is 0 Å². The van der Waals surface area contributed by atoms with E-state index < -0.39 is 0 Å². The number of nitrogens with zero attached hydrogens (tertiary/aromatic N) is 18. The topological polar surface area (TPSA) is 168 Å². The van der Waals surface area contributed by atoms with Crippen molar-refractivity contribution in [2.75, 3.05) is 0 Å². The number of aromatic nitrogens is 18. The molecule has 0 aliphatic heterocycles. The van der Waals surface area contributed by atoms with Crippen molar-refractivity contribution in [2.45, 2.75) is 159 Å². The predicted octanol–water partition coefficient (Wildman–Crippen LogP) is 10.5. The van der Waals surface area contributed by atoms with Gasteiger partial charge in [0.25, 0.3) is 0 Å². The Balaban J connectivity index is 0.000000366. The van der Waals surface area contributed by atoms with Gasteiger partial charge in [-0.05, 0) is 152 Å². The summed E-state index contributed by atoms with van der Waals surface area (Å²) in [7, 11) is 0. The quantitative estimate of drug-likeness (QED) is 0.143. The molecule has 8 heterocycles. The van der Waals surface area contributed by atoms with Gasteiger partial charge in [-0.3, -0.25) is 14.0 Å². The molecule has 8 aromatic rings. The maximum Gasteiger partial charge on any atom is 0.162 e. The highest BCUT2D eigenvalue weighted by molar-refractivity contribution is 4.92. The Morgan fingerprint density at radius 1 is 0.297 bits per heavy atom. The van der Waals surface area contributed by atoms with Crippen LogP contribution in [0.4, 0.5) is 0 Å². The molecule has 8 rings (SSSR count). The standard InChI is InChI=1S/2C7H11N.3C6H10N2.2C5H9N3.C4H8N4/c2*1-7(2)8-5-3-4-6-8;1-6(2)8-4-3-7-5-8;2*1-6(2)8-5-3-4-7-8;1-5(2)8-4-3-6-7-8;1-5(2)8-6-3-4-7-8;1-4(2)8-6-3-5-7-8/h2*3-7H,1-2H3;3*3-6H,1-2H3;2*3-5H,1-2H3;3-4H,1-2H3. The van der Waals surface area contributed by atoms with Crippen molar-refractivity contribution < 1.29 is 0 Å². The fourth-order valence-corrected chi connectivity index (χ4v) is 4.53. The fourth-order valence-electron chi connectivity index (χ4n) is 4.53. The van der Waals surface area contributed by atoms with Crippen molar-refractivity contribution in [1.29, 1.82) is 0 Å². The van der Waals surface area contributed by atoms with E-state index in [1.807, 2.05) is 105 Å². The van der Waals surface area contributed by atoms with Crippen molar-refractivity contribution in [1.82, 2.24) is 88.4 Å². The molecule has 18 heteroatoms. The average Bonchev–Trinajstić information content (AvgIpc) is 4.12. The van der Waals surface area contributed by atoms with E-state index in [4.69, 9.17) is 0 Å². The van der Waals surface area contributed by atoms with Crippen LogP contribution in [0, 0.1) is 0 Å². The predicted molar refractivity (Wildman–Crippen MR) is 256 cm³/mol. The van der Waals surface area contributed by atoms with Crippen molar-refractivity contribution >= 4 is 0 Å². The molecule has 0 atom stereocenters. The molecule has 64 heavy (non-hydrogen) atoms. The summed E-state index contributed by atoms with van der Waals surface area (Å²) in [5.74, 6) is 0. The first-order valence-electron chi connectivity index (χ1n) is 22.1. The summed E-state index contributed by atoms with van der Waals surface area (Å²) in [6.45, 7) is 33.6. The third kappa shape index (κ3) is 24.8. The monoisotopic (exact) mass is 883 g/mol. The minimum atomic E-state index is 0.317. The number of hydrogen-bond acceptors (Lipinski definition) is 10. The molecule has 0 saturated carbocycles. The van der Waals surface area contributed by atoms with Crippen molar-refractivity contribution in [3.05, 3.63) is 136 Å². The smallest absolute Gasteiger partial charge is 0.162 e. The van der Waals surface area contributed by atoms with Gasteiger partial charge in [-0.25, -0.2) is 4.98 Å². The molecular weight excluding hydrogens is 805 g/mol. The second kappa shape index (κ2) is 32.2. The molecule has 0 saturated heterocycles. The van der Waals surface area contributed by atoms with Gasteiger partial charge in [-0.1, -0.05) is 5.21 Å². The fraction of sp³-hybridized carbons (Fsp3) is 0.522.